The number of ether oxygens (including phenoxy) is 1. The van der Waals surface area contributed by atoms with E-state index in [1.54, 1.807) is 0 Å². The zero-order chi connectivity index (χ0) is 7.98. The Bertz CT molecular complexity index is 150. The van der Waals surface area contributed by atoms with Crippen LogP contribution in [0.2, 0.25) is 0 Å². The Morgan fingerprint density at radius 1 is 1.90 bits per heavy atom. The highest BCUT2D eigenvalue weighted by Gasteiger charge is 2.05. The van der Waals surface area contributed by atoms with Crippen molar-refractivity contribution in [2.45, 2.75) is 19.6 Å². The van der Waals surface area contributed by atoms with E-state index in [1.807, 2.05) is 6.07 Å². The van der Waals surface area contributed by atoms with Crippen LogP contribution in [0.4, 0.5) is 0 Å². The minimum absolute atomic E-state index is 0.177. The molecule has 10 heavy (non-hydrogen) atoms. The molecule has 1 amide bonds. The van der Waals surface area contributed by atoms with Crippen LogP contribution in [0.5, 0.6) is 0 Å². The Morgan fingerprint density at radius 2 is 2.50 bits per heavy atom. The van der Waals surface area contributed by atoms with Gasteiger partial charge in [-0.3, -0.25) is 4.79 Å². The third-order valence-corrected chi connectivity index (χ3v) is 0.925. The third kappa shape index (κ3) is 3.87. The maximum Gasteiger partial charge on any atom is 0.218 e. The number of carbonyl (C=O) groups is 1. The summed E-state index contributed by atoms with van der Waals surface area (Å²) in [5.41, 5.74) is 0. The minimum Gasteiger partial charge on any atom is -0.361 e. The standard InChI is InChI=1S/C6H10N2O2/c1-5(9)8-6(10-2)3-4-7/h6H,3H2,1-2H3,(H,8,9). The lowest BCUT2D eigenvalue weighted by Crippen LogP contribution is -2.33. The van der Waals surface area contributed by atoms with E-state index in [0.29, 0.717) is 0 Å². The Balaban J connectivity index is 3.62. The van der Waals surface area contributed by atoms with Crippen molar-refractivity contribution in [1.82, 2.24) is 5.32 Å². The molecule has 0 aliphatic carbocycles. The molecular formula is C6H10N2O2. The summed E-state index contributed by atoms with van der Waals surface area (Å²) in [6.45, 7) is 1.38. The van der Waals surface area contributed by atoms with Crippen molar-refractivity contribution in [1.29, 1.82) is 5.26 Å². The lowest BCUT2D eigenvalue weighted by atomic mass is 10.4. The normalized spacial score (nSPS) is 11.7. The number of hydrogen-bond donors (Lipinski definition) is 1. The molecule has 1 N–H and O–H groups in total. The van der Waals surface area contributed by atoms with E-state index in [9.17, 15) is 4.79 Å². The highest BCUT2D eigenvalue weighted by atomic mass is 16.5. The number of nitrogens with one attached hydrogen (secondary N) is 1. The van der Waals surface area contributed by atoms with E-state index >= 15 is 0 Å². The average Bonchev–Trinajstić information content (AvgIpc) is 1.86. The average molecular weight is 142 g/mol. The first-order chi connectivity index (χ1) is 4.70. The second kappa shape index (κ2) is 4.77. The van der Waals surface area contributed by atoms with Gasteiger partial charge in [0.1, 0.15) is 6.23 Å². The van der Waals surface area contributed by atoms with Crippen LogP contribution >= 0.6 is 0 Å². The van der Waals surface area contributed by atoms with E-state index in [2.05, 4.69) is 5.32 Å². The van der Waals surface area contributed by atoms with Gasteiger partial charge in [0.15, 0.2) is 0 Å². The zero-order valence-corrected chi connectivity index (χ0v) is 6.05. The van der Waals surface area contributed by atoms with Gasteiger partial charge in [-0.2, -0.15) is 5.26 Å². The summed E-state index contributed by atoms with van der Waals surface area (Å²) in [5, 5.41) is 10.6. The zero-order valence-electron chi connectivity index (χ0n) is 6.05. The number of nitrogens with zero attached hydrogens (tertiary/aromatic N) is 1. The summed E-state index contributed by atoms with van der Waals surface area (Å²) >= 11 is 0. The Hall–Kier alpha value is -1.08. The second-order valence-electron chi connectivity index (χ2n) is 1.79. The minimum atomic E-state index is -0.470. The number of nitriles is 1. The predicted octanol–water partition coefficient (Wildman–Crippen LogP) is 0.00868. The molecule has 0 saturated carbocycles. The van der Waals surface area contributed by atoms with Crippen LogP contribution in [0.25, 0.3) is 0 Å². The molecule has 0 rings (SSSR count). The molecule has 1 unspecified atom stereocenters. The van der Waals surface area contributed by atoms with Gasteiger partial charge in [-0.05, 0) is 0 Å². The van der Waals surface area contributed by atoms with Gasteiger partial charge in [-0.1, -0.05) is 0 Å². The maximum absolute atomic E-state index is 10.4. The quantitative estimate of drug-likeness (QED) is 0.564. The van der Waals surface area contributed by atoms with Crippen molar-refractivity contribution in [3.05, 3.63) is 0 Å². The summed E-state index contributed by atoms with van der Waals surface area (Å²) < 4.78 is 4.75. The molecule has 0 aromatic rings. The van der Waals surface area contributed by atoms with Gasteiger partial charge >= 0.3 is 0 Å². The summed E-state index contributed by atoms with van der Waals surface area (Å²) in [7, 11) is 1.44. The second-order valence-corrected chi connectivity index (χ2v) is 1.79. The molecule has 1 atom stereocenters. The molecule has 4 nitrogen and oxygen atoms in total. The predicted molar refractivity (Wildman–Crippen MR) is 34.8 cm³/mol. The van der Waals surface area contributed by atoms with Crippen molar-refractivity contribution in [3.8, 4) is 6.07 Å². The fourth-order valence-electron chi connectivity index (χ4n) is 0.503. The molecule has 0 heterocycles. The largest absolute Gasteiger partial charge is 0.361 e. The van der Waals surface area contributed by atoms with Crippen LogP contribution in [-0.2, 0) is 9.53 Å². The van der Waals surface area contributed by atoms with Gasteiger partial charge in [-0.25, -0.2) is 0 Å². The smallest absolute Gasteiger partial charge is 0.218 e. The van der Waals surface area contributed by atoms with Crippen molar-refractivity contribution in [2.24, 2.45) is 0 Å². The molecule has 0 saturated heterocycles. The number of hydrogen-bond acceptors (Lipinski definition) is 3. The van der Waals surface area contributed by atoms with E-state index in [4.69, 9.17) is 10.00 Å². The Morgan fingerprint density at radius 3 is 2.80 bits per heavy atom. The number of methoxy groups -OCH3 is 1. The van der Waals surface area contributed by atoms with Gasteiger partial charge < -0.3 is 10.1 Å². The SMILES string of the molecule is COC(CC#N)NC(C)=O. The van der Waals surface area contributed by atoms with E-state index in [0.717, 1.165) is 0 Å². The molecule has 0 fully saturated rings. The molecule has 0 aliphatic heterocycles. The first kappa shape index (κ1) is 8.92. The van der Waals surface area contributed by atoms with Gasteiger partial charge in [0.2, 0.25) is 5.91 Å². The van der Waals surface area contributed by atoms with Crippen molar-refractivity contribution in [3.63, 3.8) is 0 Å². The van der Waals surface area contributed by atoms with Gasteiger partial charge in [0, 0.05) is 14.0 Å². The number of rotatable bonds is 3. The van der Waals surface area contributed by atoms with Crippen molar-refractivity contribution < 1.29 is 9.53 Å². The van der Waals surface area contributed by atoms with Crippen LogP contribution in [0.3, 0.4) is 0 Å². The molecule has 4 heteroatoms. The van der Waals surface area contributed by atoms with Crippen LogP contribution in [-0.4, -0.2) is 19.2 Å². The van der Waals surface area contributed by atoms with Crippen LogP contribution in [0, 0.1) is 11.3 Å². The fourth-order valence-corrected chi connectivity index (χ4v) is 0.503. The molecule has 0 aromatic carbocycles. The van der Waals surface area contributed by atoms with Crippen LogP contribution < -0.4 is 5.32 Å². The molecule has 0 bridgehead atoms. The van der Waals surface area contributed by atoms with E-state index in [1.165, 1.54) is 14.0 Å². The van der Waals surface area contributed by atoms with Gasteiger partial charge in [0.05, 0.1) is 12.5 Å². The topological polar surface area (TPSA) is 62.1 Å². The van der Waals surface area contributed by atoms with E-state index in [-0.39, 0.29) is 12.3 Å². The summed E-state index contributed by atoms with van der Waals surface area (Å²) in [6.07, 6.45) is -0.293. The molecular weight excluding hydrogens is 132 g/mol. The highest BCUT2D eigenvalue weighted by Crippen LogP contribution is 1.89. The van der Waals surface area contributed by atoms with E-state index < -0.39 is 6.23 Å². The van der Waals surface area contributed by atoms with Gasteiger partial charge in [-0.15, -0.1) is 0 Å². The summed E-state index contributed by atoms with van der Waals surface area (Å²) in [6, 6.07) is 1.88. The molecule has 0 spiro atoms. The van der Waals surface area contributed by atoms with Crippen molar-refractivity contribution in [2.75, 3.05) is 7.11 Å². The maximum atomic E-state index is 10.4. The van der Waals surface area contributed by atoms with Crippen LogP contribution in [0.1, 0.15) is 13.3 Å². The third-order valence-electron chi connectivity index (χ3n) is 0.925. The first-order valence-corrected chi connectivity index (χ1v) is 2.87. The Kier molecular flexibility index (Phi) is 4.25. The van der Waals surface area contributed by atoms with Crippen molar-refractivity contribution >= 4 is 5.91 Å². The highest BCUT2D eigenvalue weighted by molar-refractivity contribution is 5.73. The summed E-state index contributed by atoms with van der Waals surface area (Å²) in [5.74, 6) is -0.192. The fraction of sp³-hybridized carbons (Fsp3) is 0.667. The monoisotopic (exact) mass is 142 g/mol. The first-order valence-electron chi connectivity index (χ1n) is 2.87. The lowest BCUT2D eigenvalue weighted by Gasteiger charge is -2.11. The molecule has 0 radical (unpaired) electrons. The number of carbonyl (C=O) groups excluding carboxylic acids is 1. The number of amides is 1. The van der Waals surface area contributed by atoms with Crippen LogP contribution in [0.15, 0.2) is 0 Å². The van der Waals surface area contributed by atoms with Gasteiger partial charge in [0.25, 0.3) is 0 Å². The molecule has 0 aromatic heterocycles. The lowest BCUT2D eigenvalue weighted by molar-refractivity contribution is -0.122. The Labute approximate surface area is 59.8 Å². The molecule has 0 aliphatic rings. The summed E-state index contributed by atoms with van der Waals surface area (Å²) in [4.78, 5) is 10.4. The molecule has 56 valence electrons.